The van der Waals surface area contributed by atoms with Gasteiger partial charge in [0.1, 0.15) is 18.1 Å². The average molecular weight is 513 g/mol. The van der Waals surface area contributed by atoms with Crippen molar-refractivity contribution in [3.05, 3.63) is 54.0 Å². The molecule has 1 saturated heterocycles. The van der Waals surface area contributed by atoms with Crippen LogP contribution in [0.5, 0.6) is 5.75 Å². The topological polar surface area (TPSA) is 59.2 Å². The number of methoxy groups -OCH3 is 1. The summed E-state index contributed by atoms with van der Waals surface area (Å²) in [6.07, 6.45) is 3.70. The standard InChI is InChI=1S/C22H31N3O3.HI/c1-3-23-22(24-12-5-14-27-17-21-6-4-15-28-21)25-13-11-19(16-25)18-7-9-20(26-2)10-8-18;/h4,6-10,15,19H,3,5,11-14,16-17H2,1-2H3,(H,23,24);1H. The molecule has 1 aromatic carbocycles. The number of nitrogens with one attached hydrogen (secondary N) is 1. The van der Waals surface area contributed by atoms with Crippen LogP contribution in [0, 0.1) is 0 Å². The Balaban J connectivity index is 0.00000300. The van der Waals surface area contributed by atoms with Gasteiger partial charge in [-0.3, -0.25) is 4.99 Å². The molecule has 7 heteroatoms. The number of guanidine groups is 1. The van der Waals surface area contributed by atoms with Crippen molar-refractivity contribution in [1.82, 2.24) is 10.2 Å². The Labute approximate surface area is 190 Å². The average Bonchev–Trinajstić information content (AvgIpc) is 3.42. The summed E-state index contributed by atoms with van der Waals surface area (Å²) in [5.41, 5.74) is 1.37. The predicted molar refractivity (Wildman–Crippen MR) is 126 cm³/mol. The van der Waals surface area contributed by atoms with Crippen molar-refractivity contribution in [2.75, 3.05) is 39.9 Å². The maximum absolute atomic E-state index is 5.63. The molecule has 1 aliphatic heterocycles. The molecule has 1 fully saturated rings. The van der Waals surface area contributed by atoms with Crippen molar-refractivity contribution >= 4 is 29.9 Å². The van der Waals surface area contributed by atoms with E-state index < -0.39 is 0 Å². The Morgan fingerprint density at radius 3 is 2.79 bits per heavy atom. The lowest BCUT2D eigenvalue weighted by Crippen LogP contribution is -2.40. The zero-order valence-electron chi connectivity index (χ0n) is 17.3. The highest BCUT2D eigenvalue weighted by Gasteiger charge is 2.26. The van der Waals surface area contributed by atoms with E-state index in [-0.39, 0.29) is 24.0 Å². The zero-order valence-corrected chi connectivity index (χ0v) is 19.6. The third kappa shape index (κ3) is 7.22. The Morgan fingerprint density at radius 2 is 2.10 bits per heavy atom. The van der Waals surface area contributed by atoms with Gasteiger partial charge in [0, 0.05) is 38.7 Å². The van der Waals surface area contributed by atoms with Crippen LogP contribution in [-0.2, 0) is 11.3 Å². The number of ether oxygens (including phenoxy) is 2. The van der Waals surface area contributed by atoms with Gasteiger partial charge in [-0.25, -0.2) is 0 Å². The summed E-state index contributed by atoms with van der Waals surface area (Å²) in [7, 11) is 1.70. The maximum Gasteiger partial charge on any atom is 0.193 e. The first-order chi connectivity index (χ1) is 13.8. The van der Waals surface area contributed by atoms with E-state index in [0.717, 1.165) is 56.5 Å². The highest BCUT2D eigenvalue weighted by Crippen LogP contribution is 2.28. The minimum Gasteiger partial charge on any atom is -0.497 e. The summed E-state index contributed by atoms with van der Waals surface area (Å²) in [6, 6.07) is 12.2. The zero-order chi connectivity index (χ0) is 19.6. The van der Waals surface area contributed by atoms with Crippen LogP contribution in [0.25, 0.3) is 0 Å². The van der Waals surface area contributed by atoms with Gasteiger partial charge in [-0.1, -0.05) is 12.1 Å². The number of nitrogens with zero attached hydrogens (tertiary/aromatic N) is 2. The smallest absolute Gasteiger partial charge is 0.193 e. The predicted octanol–water partition coefficient (Wildman–Crippen LogP) is 4.27. The van der Waals surface area contributed by atoms with Crippen molar-refractivity contribution in [2.24, 2.45) is 4.99 Å². The second kappa shape index (κ2) is 12.7. The van der Waals surface area contributed by atoms with Gasteiger partial charge in [0.2, 0.25) is 0 Å². The molecule has 1 atom stereocenters. The summed E-state index contributed by atoms with van der Waals surface area (Å²) in [5, 5.41) is 3.43. The van der Waals surface area contributed by atoms with Crippen LogP contribution in [0.1, 0.15) is 37.0 Å². The fraction of sp³-hybridized carbons (Fsp3) is 0.500. The molecule has 2 heterocycles. The Hall–Kier alpha value is -1.74. The third-order valence-corrected chi connectivity index (χ3v) is 4.94. The van der Waals surface area contributed by atoms with E-state index in [2.05, 4.69) is 29.3 Å². The summed E-state index contributed by atoms with van der Waals surface area (Å²) >= 11 is 0. The van der Waals surface area contributed by atoms with E-state index in [1.54, 1.807) is 13.4 Å². The number of hydrogen-bond donors (Lipinski definition) is 1. The van der Waals surface area contributed by atoms with Crippen molar-refractivity contribution in [1.29, 1.82) is 0 Å². The third-order valence-electron chi connectivity index (χ3n) is 4.94. The Morgan fingerprint density at radius 1 is 1.28 bits per heavy atom. The second-order valence-electron chi connectivity index (χ2n) is 6.93. The van der Waals surface area contributed by atoms with Crippen molar-refractivity contribution in [2.45, 2.75) is 32.3 Å². The fourth-order valence-electron chi connectivity index (χ4n) is 3.45. The minimum atomic E-state index is 0. The maximum atomic E-state index is 5.63. The quantitative estimate of drug-likeness (QED) is 0.235. The lowest BCUT2D eigenvalue weighted by atomic mass is 9.98. The van der Waals surface area contributed by atoms with Crippen LogP contribution in [0.3, 0.4) is 0 Å². The van der Waals surface area contributed by atoms with E-state index in [1.165, 1.54) is 5.56 Å². The molecule has 3 rings (SSSR count). The molecule has 1 aromatic heterocycles. The lowest BCUT2D eigenvalue weighted by Gasteiger charge is -2.22. The van der Waals surface area contributed by atoms with Crippen molar-refractivity contribution < 1.29 is 13.9 Å². The summed E-state index contributed by atoms with van der Waals surface area (Å²) in [6.45, 7) is 6.95. The van der Waals surface area contributed by atoms with Gasteiger partial charge in [0.15, 0.2) is 5.96 Å². The van der Waals surface area contributed by atoms with Crippen LogP contribution < -0.4 is 10.1 Å². The van der Waals surface area contributed by atoms with Gasteiger partial charge in [-0.15, -0.1) is 24.0 Å². The molecule has 29 heavy (non-hydrogen) atoms. The number of furan rings is 1. The molecule has 6 nitrogen and oxygen atoms in total. The van der Waals surface area contributed by atoms with E-state index >= 15 is 0 Å². The van der Waals surface area contributed by atoms with Gasteiger partial charge in [0.05, 0.1) is 13.4 Å². The number of benzene rings is 1. The summed E-state index contributed by atoms with van der Waals surface area (Å²) in [5.74, 6) is 3.30. The van der Waals surface area contributed by atoms with Crippen LogP contribution in [-0.4, -0.2) is 50.8 Å². The number of rotatable bonds is 9. The highest BCUT2D eigenvalue weighted by atomic mass is 127. The molecule has 1 unspecified atom stereocenters. The number of likely N-dealkylation sites (tertiary alicyclic amines) is 1. The molecular weight excluding hydrogens is 481 g/mol. The van der Waals surface area contributed by atoms with Crippen LogP contribution in [0.4, 0.5) is 0 Å². The number of hydrogen-bond acceptors (Lipinski definition) is 4. The molecule has 160 valence electrons. The second-order valence-corrected chi connectivity index (χ2v) is 6.93. The van der Waals surface area contributed by atoms with E-state index in [1.807, 2.05) is 24.3 Å². The van der Waals surface area contributed by atoms with E-state index in [9.17, 15) is 0 Å². The van der Waals surface area contributed by atoms with Gasteiger partial charge in [-0.05, 0) is 49.6 Å². The molecule has 0 saturated carbocycles. The number of aliphatic imine (C=N–C) groups is 1. The van der Waals surface area contributed by atoms with Gasteiger partial charge < -0.3 is 24.1 Å². The monoisotopic (exact) mass is 513 g/mol. The van der Waals surface area contributed by atoms with Crippen molar-refractivity contribution in [3.63, 3.8) is 0 Å². The largest absolute Gasteiger partial charge is 0.497 e. The molecule has 0 amide bonds. The van der Waals surface area contributed by atoms with E-state index in [4.69, 9.17) is 18.9 Å². The molecule has 0 radical (unpaired) electrons. The fourth-order valence-corrected chi connectivity index (χ4v) is 3.45. The molecule has 0 bridgehead atoms. The van der Waals surface area contributed by atoms with Gasteiger partial charge >= 0.3 is 0 Å². The normalized spacial score (nSPS) is 16.6. The van der Waals surface area contributed by atoms with Crippen LogP contribution in [0.15, 0.2) is 52.1 Å². The van der Waals surface area contributed by atoms with Crippen LogP contribution in [0.2, 0.25) is 0 Å². The highest BCUT2D eigenvalue weighted by molar-refractivity contribution is 14.0. The van der Waals surface area contributed by atoms with Gasteiger partial charge in [-0.2, -0.15) is 0 Å². The van der Waals surface area contributed by atoms with E-state index in [0.29, 0.717) is 19.1 Å². The Bertz CT molecular complexity index is 719. The molecular formula is C22H32IN3O3. The Kier molecular flexibility index (Phi) is 10.3. The summed E-state index contributed by atoms with van der Waals surface area (Å²) in [4.78, 5) is 7.16. The van der Waals surface area contributed by atoms with Gasteiger partial charge in [0.25, 0.3) is 0 Å². The minimum absolute atomic E-state index is 0. The molecule has 0 aliphatic carbocycles. The first-order valence-electron chi connectivity index (χ1n) is 10.1. The first kappa shape index (κ1) is 23.5. The lowest BCUT2D eigenvalue weighted by molar-refractivity contribution is 0.105. The molecule has 1 aliphatic rings. The molecule has 1 N–H and O–H groups in total. The summed E-state index contributed by atoms with van der Waals surface area (Å²) < 4.78 is 16.2. The molecule has 0 spiro atoms. The SMILES string of the molecule is CCNC(=NCCCOCc1ccco1)N1CCC(c2ccc(OC)cc2)C1.I. The molecule has 2 aromatic rings. The first-order valence-corrected chi connectivity index (χ1v) is 10.1. The van der Waals surface area contributed by atoms with Crippen LogP contribution >= 0.6 is 24.0 Å². The van der Waals surface area contributed by atoms with Crippen molar-refractivity contribution in [3.8, 4) is 5.75 Å². The number of halogens is 1.